The number of carbonyl (C=O) groups excluding carboxylic acids is 1. The van der Waals surface area contributed by atoms with Gasteiger partial charge < -0.3 is 19.8 Å². The number of fused-ring (bicyclic) bond motifs is 2. The minimum Gasteiger partial charge on any atom is -0.466 e. The minimum absolute atomic E-state index is 0.257. The molecule has 2 N–H and O–H groups in total. The number of aromatic nitrogens is 2. The third-order valence-corrected chi connectivity index (χ3v) is 4.27. The van der Waals surface area contributed by atoms with Crippen molar-refractivity contribution in [1.82, 2.24) is 15.3 Å². The second-order valence-corrected chi connectivity index (χ2v) is 5.93. The Hall–Kier alpha value is -1.99. The summed E-state index contributed by atoms with van der Waals surface area (Å²) < 4.78 is 24.8. The van der Waals surface area contributed by atoms with Crippen LogP contribution in [0.25, 0.3) is 11.0 Å². The number of hydrogen-bond acceptors (Lipinski definition) is 5. The summed E-state index contributed by atoms with van der Waals surface area (Å²) in [5, 5.41) is 3.17. The van der Waals surface area contributed by atoms with E-state index in [0.29, 0.717) is 61.6 Å². The van der Waals surface area contributed by atoms with Crippen LogP contribution in [0.15, 0.2) is 6.07 Å². The molecule has 1 heterocycles. The Kier molecular flexibility index (Phi) is 5.11. The zero-order chi connectivity index (χ0) is 17.1. The highest BCUT2D eigenvalue weighted by atomic mass is 19.1. The summed E-state index contributed by atoms with van der Waals surface area (Å²) in [5.74, 6) is -0.191. The Balaban J connectivity index is 1.78. The molecule has 0 spiro atoms. The van der Waals surface area contributed by atoms with Crippen LogP contribution >= 0.6 is 0 Å². The summed E-state index contributed by atoms with van der Waals surface area (Å²) in [6.45, 7) is 3.95. The Labute approximate surface area is 139 Å². The standard InChI is InChI=1S/C17H22FN3O3/c1-3-24-17(22)11-6-10-8-13-16(15(18)12(10)7-11)21-14(20-13)9-19-4-5-23-2/h8,11,19H,3-7,9H2,1-2H3,(H,20,21). The smallest absolute Gasteiger partial charge is 0.309 e. The molecule has 24 heavy (non-hydrogen) atoms. The summed E-state index contributed by atoms with van der Waals surface area (Å²) in [7, 11) is 1.64. The van der Waals surface area contributed by atoms with Crippen molar-refractivity contribution in [2.45, 2.75) is 26.3 Å². The fraction of sp³-hybridized carbons (Fsp3) is 0.529. The second-order valence-electron chi connectivity index (χ2n) is 5.93. The highest BCUT2D eigenvalue weighted by Crippen LogP contribution is 2.33. The highest BCUT2D eigenvalue weighted by molar-refractivity contribution is 5.81. The van der Waals surface area contributed by atoms with Gasteiger partial charge in [-0.1, -0.05) is 0 Å². The van der Waals surface area contributed by atoms with Crippen molar-refractivity contribution in [2.75, 3.05) is 26.9 Å². The number of rotatable bonds is 7. The van der Waals surface area contributed by atoms with Crippen LogP contribution in [-0.4, -0.2) is 42.8 Å². The van der Waals surface area contributed by atoms with Crippen molar-refractivity contribution in [3.63, 3.8) is 0 Å². The molecule has 0 saturated carbocycles. The summed E-state index contributed by atoms with van der Waals surface area (Å²) >= 11 is 0. The third-order valence-electron chi connectivity index (χ3n) is 4.27. The van der Waals surface area contributed by atoms with Gasteiger partial charge in [-0.3, -0.25) is 4.79 Å². The van der Waals surface area contributed by atoms with Gasteiger partial charge in [0.2, 0.25) is 0 Å². The molecule has 3 rings (SSSR count). The zero-order valence-corrected chi connectivity index (χ0v) is 13.9. The average Bonchev–Trinajstić information content (AvgIpc) is 3.16. The predicted molar refractivity (Wildman–Crippen MR) is 87.2 cm³/mol. The first kappa shape index (κ1) is 16.9. The molecule has 0 bridgehead atoms. The van der Waals surface area contributed by atoms with E-state index < -0.39 is 0 Å². The Bertz CT molecular complexity index is 744. The van der Waals surface area contributed by atoms with Crippen LogP contribution in [0.1, 0.15) is 23.9 Å². The molecule has 2 aromatic rings. The fourth-order valence-electron chi connectivity index (χ4n) is 3.13. The fourth-order valence-corrected chi connectivity index (χ4v) is 3.13. The Morgan fingerprint density at radius 3 is 3.08 bits per heavy atom. The topological polar surface area (TPSA) is 76.2 Å². The number of H-pyrrole nitrogens is 1. The minimum atomic E-state index is -0.325. The van der Waals surface area contributed by atoms with Gasteiger partial charge in [0.05, 0.1) is 31.2 Å². The van der Waals surface area contributed by atoms with Crippen LogP contribution in [0.3, 0.4) is 0 Å². The van der Waals surface area contributed by atoms with E-state index in [1.165, 1.54) is 0 Å². The second kappa shape index (κ2) is 7.27. The van der Waals surface area contributed by atoms with Crippen LogP contribution in [0.5, 0.6) is 0 Å². The molecule has 1 aliphatic carbocycles. The first-order valence-electron chi connectivity index (χ1n) is 8.19. The van der Waals surface area contributed by atoms with Crippen molar-refractivity contribution >= 4 is 17.0 Å². The van der Waals surface area contributed by atoms with Gasteiger partial charge in [-0.25, -0.2) is 9.37 Å². The number of imidazole rings is 1. The molecule has 1 aromatic heterocycles. The Morgan fingerprint density at radius 1 is 1.50 bits per heavy atom. The first-order valence-corrected chi connectivity index (χ1v) is 8.19. The van der Waals surface area contributed by atoms with Crippen molar-refractivity contribution in [3.8, 4) is 0 Å². The van der Waals surface area contributed by atoms with Crippen molar-refractivity contribution in [1.29, 1.82) is 0 Å². The zero-order valence-electron chi connectivity index (χ0n) is 13.9. The van der Waals surface area contributed by atoms with Gasteiger partial charge in [0.25, 0.3) is 0 Å². The summed E-state index contributed by atoms with van der Waals surface area (Å²) in [6.07, 6.45) is 0.895. The number of halogens is 1. The summed E-state index contributed by atoms with van der Waals surface area (Å²) in [5.41, 5.74) is 2.45. The van der Waals surface area contributed by atoms with E-state index in [9.17, 15) is 9.18 Å². The van der Waals surface area contributed by atoms with E-state index in [1.807, 2.05) is 6.07 Å². The average molecular weight is 335 g/mol. The molecule has 7 heteroatoms. The summed E-state index contributed by atoms with van der Waals surface area (Å²) in [6, 6.07) is 1.90. The Morgan fingerprint density at radius 2 is 2.33 bits per heavy atom. The van der Waals surface area contributed by atoms with Gasteiger partial charge in [0.15, 0.2) is 5.82 Å². The lowest BCUT2D eigenvalue weighted by molar-refractivity contribution is -0.147. The molecule has 1 aromatic carbocycles. The molecule has 0 amide bonds. The van der Waals surface area contributed by atoms with Crippen molar-refractivity contribution in [3.05, 3.63) is 28.8 Å². The van der Waals surface area contributed by atoms with Crippen molar-refractivity contribution in [2.24, 2.45) is 5.92 Å². The molecule has 1 atom stereocenters. The molecule has 130 valence electrons. The van der Waals surface area contributed by atoms with Crippen molar-refractivity contribution < 1.29 is 18.7 Å². The number of ether oxygens (including phenoxy) is 2. The molecular weight excluding hydrogens is 313 g/mol. The number of esters is 1. The van der Waals surface area contributed by atoms with Gasteiger partial charge >= 0.3 is 5.97 Å². The van der Waals surface area contributed by atoms with Crippen LogP contribution in [0.4, 0.5) is 4.39 Å². The van der Waals surface area contributed by atoms with E-state index in [2.05, 4.69) is 15.3 Å². The third kappa shape index (κ3) is 3.27. The van der Waals surface area contributed by atoms with E-state index in [4.69, 9.17) is 9.47 Å². The van der Waals surface area contributed by atoms with Gasteiger partial charge in [0.1, 0.15) is 11.3 Å². The molecule has 6 nitrogen and oxygen atoms in total. The molecule has 0 aliphatic heterocycles. The number of benzene rings is 1. The molecular formula is C17H22FN3O3. The lowest BCUT2D eigenvalue weighted by Gasteiger charge is -2.06. The number of nitrogens with zero attached hydrogens (tertiary/aromatic N) is 1. The lowest BCUT2D eigenvalue weighted by atomic mass is 10.1. The molecule has 0 radical (unpaired) electrons. The van der Waals surface area contributed by atoms with Gasteiger partial charge in [0, 0.05) is 13.7 Å². The van der Waals surface area contributed by atoms with Crippen LogP contribution in [0.2, 0.25) is 0 Å². The van der Waals surface area contributed by atoms with E-state index in [0.717, 1.165) is 5.56 Å². The maximum absolute atomic E-state index is 14.8. The normalized spacial score (nSPS) is 16.5. The lowest BCUT2D eigenvalue weighted by Crippen LogP contribution is -2.19. The summed E-state index contributed by atoms with van der Waals surface area (Å²) in [4.78, 5) is 19.4. The van der Waals surface area contributed by atoms with E-state index >= 15 is 0 Å². The highest BCUT2D eigenvalue weighted by Gasteiger charge is 2.32. The predicted octanol–water partition coefficient (Wildman–Crippen LogP) is 1.72. The maximum atomic E-state index is 14.8. The SMILES string of the molecule is CCOC(=O)C1Cc2cc3[nH]c(CNCCOC)nc3c(F)c2C1. The maximum Gasteiger partial charge on any atom is 0.309 e. The molecule has 0 saturated heterocycles. The molecule has 1 unspecified atom stereocenters. The van der Waals surface area contributed by atoms with E-state index in [1.54, 1.807) is 14.0 Å². The number of carbonyl (C=O) groups is 1. The monoisotopic (exact) mass is 335 g/mol. The molecule has 1 aliphatic rings. The largest absolute Gasteiger partial charge is 0.466 e. The van der Waals surface area contributed by atoms with Gasteiger partial charge in [-0.15, -0.1) is 0 Å². The number of nitrogens with one attached hydrogen (secondary N) is 2. The van der Waals surface area contributed by atoms with Crippen LogP contribution in [0, 0.1) is 11.7 Å². The van der Waals surface area contributed by atoms with E-state index in [-0.39, 0.29) is 17.7 Å². The van der Waals surface area contributed by atoms with Gasteiger partial charge in [-0.05, 0) is 37.0 Å². The van der Waals surface area contributed by atoms with Crippen LogP contribution < -0.4 is 5.32 Å². The first-order chi connectivity index (χ1) is 11.6. The number of aromatic amines is 1. The van der Waals surface area contributed by atoms with Gasteiger partial charge in [-0.2, -0.15) is 0 Å². The molecule has 0 fully saturated rings. The number of hydrogen-bond donors (Lipinski definition) is 2. The quantitative estimate of drug-likeness (QED) is 0.595. The van der Waals surface area contributed by atoms with Crippen LogP contribution in [-0.2, 0) is 33.7 Å². The number of methoxy groups -OCH3 is 1.